The number of aromatic nitrogens is 4. The predicted molar refractivity (Wildman–Crippen MR) is 81.4 cm³/mol. The minimum absolute atomic E-state index is 0.814. The highest BCUT2D eigenvalue weighted by molar-refractivity contribution is 9.10. The van der Waals surface area contributed by atoms with Gasteiger partial charge in [-0.15, -0.1) is 0 Å². The second-order valence-electron chi connectivity index (χ2n) is 4.46. The first kappa shape index (κ1) is 11.5. The van der Waals surface area contributed by atoms with Crippen LogP contribution < -0.4 is 0 Å². The minimum Gasteiger partial charge on any atom is -0.298 e. The summed E-state index contributed by atoms with van der Waals surface area (Å²) in [6.07, 6.45) is 5.58. The predicted octanol–water partition coefficient (Wildman–Crippen LogP) is 3.71. The fourth-order valence-corrected chi connectivity index (χ4v) is 2.58. The molecule has 0 fully saturated rings. The highest BCUT2D eigenvalue weighted by atomic mass is 79.9. The van der Waals surface area contributed by atoms with Crippen LogP contribution in [0.5, 0.6) is 0 Å². The maximum absolute atomic E-state index is 4.68. The third kappa shape index (κ3) is 1.78. The fraction of sp³-hybridized carbons (Fsp3) is 0. The Labute approximate surface area is 123 Å². The van der Waals surface area contributed by atoms with Crippen LogP contribution in [0.4, 0.5) is 0 Å². The van der Waals surface area contributed by atoms with Crippen molar-refractivity contribution >= 4 is 32.6 Å². The van der Waals surface area contributed by atoms with Gasteiger partial charge in [0.05, 0.1) is 29.1 Å². The van der Waals surface area contributed by atoms with Gasteiger partial charge in [0.2, 0.25) is 0 Å². The quantitative estimate of drug-likeness (QED) is 0.536. The van der Waals surface area contributed by atoms with Crippen LogP contribution in [0.3, 0.4) is 0 Å². The molecule has 0 saturated heterocycles. The number of benzene rings is 1. The van der Waals surface area contributed by atoms with E-state index >= 15 is 0 Å². The Bertz CT molecular complexity index is 929. The molecule has 0 radical (unpaired) electrons. The Morgan fingerprint density at radius 3 is 2.85 bits per heavy atom. The molecular formula is C15H9BrN4. The van der Waals surface area contributed by atoms with Crippen molar-refractivity contribution in [2.24, 2.45) is 0 Å². The molecule has 0 spiro atoms. The Kier molecular flexibility index (Phi) is 2.53. The van der Waals surface area contributed by atoms with Gasteiger partial charge in [-0.25, -0.2) is 9.97 Å². The number of nitrogens with zero attached hydrogens (tertiary/aromatic N) is 4. The molecular weight excluding hydrogens is 316 g/mol. The zero-order chi connectivity index (χ0) is 13.5. The summed E-state index contributed by atoms with van der Waals surface area (Å²) < 4.78 is 3.00. The second-order valence-corrected chi connectivity index (χ2v) is 5.38. The van der Waals surface area contributed by atoms with E-state index in [9.17, 15) is 0 Å². The van der Waals surface area contributed by atoms with E-state index < -0.39 is 0 Å². The van der Waals surface area contributed by atoms with Crippen LogP contribution in [0.1, 0.15) is 0 Å². The molecule has 0 aliphatic rings. The van der Waals surface area contributed by atoms with Crippen molar-refractivity contribution in [3.05, 3.63) is 59.5 Å². The molecule has 0 unspecified atom stereocenters. The summed E-state index contributed by atoms with van der Waals surface area (Å²) in [4.78, 5) is 13.5. The summed E-state index contributed by atoms with van der Waals surface area (Å²) in [5.41, 5.74) is 4.40. The molecule has 3 heterocycles. The highest BCUT2D eigenvalue weighted by Crippen LogP contribution is 2.22. The maximum atomic E-state index is 4.68. The molecule has 0 N–H and O–H groups in total. The summed E-state index contributed by atoms with van der Waals surface area (Å²) in [5, 5.41) is 0. The summed E-state index contributed by atoms with van der Waals surface area (Å²) in [6, 6.07) is 11.8. The van der Waals surface area contributed by atoms with Crippen molar-refractivity contribution in [2.75, 3.05) is 0 Å². The monoisotopic (exact) mass is 324 g/mol. The summed E-state index contributed by atoms with van der Waals surface area (Å²) in [7, 11) is 0. The van der Waals surface area contributed by atoms with Crippen molar-refractivity contribution in [1.29, 1.82) is 0 Å². The van der Waals surface area contributed by atoms with Crippen molar-refractivity contribution in [3.8, 4) is 11.4 Å². The van der Waals surface area contributed by atoms with E-state index in [1.165, 1.54) is 0 Å². The van der Waals surface area contributed by atoms with Crippen LogP contribution >= 0.6 is 15.9 Å². The fourth-order valence-electron chi connectivity index (χ4n) is 2.23. The van der Waals surface area contributed by atoms with Crippen LogP contribution in [0, 0.1) is 0 Å². The number of fused-ring (bicyclic) bond motifs is 2. The van der Waals surface area contributed by atoms with Gasteiger partial charge in [0.25, 0.3) is 0 Å². The number of hydrogen-bond donors (Lipinski definition) is 0. The maximum Gasteiger partial charge on any atom is 0.137 e. The van der Waals surface area contributed by atoms with Crippen molar-refractivity contribution in [2.45, 2.75) is 0 Å². The highest BCUT2D eigenvalue weighted by Gasteiger charge is 2.08. The molecule has 20 heavy (non-hydrogen) atoms. The lowest BCUT2D eigenvalue weighted by Crippen LogP contribution is -1.92. The Morgan fingerprint density at radius 2 is 1.90 bits per heavy atom. The first-order valence-electron chi connectivity index (χ1n) is 6.16. The van der Waals surface area contributed by atoms with Gasteiger partial charge in [-0.05, 0) is 30.3 Å². The molecule has 0 aliphatic carbocycles. The lowest BCUT2D eigenvalue weighted by Gasteiger charge is -2.03. The van der Waals surface area contributed by atoms with Gasteiger partial charge in [-0.3, -0.25) is 9.38 Å². The molecule has 0 amide bonds. The lowest BCUT2D eigenvalue weighted by molar-refractivity contribution is 1.16. The largest absolute Gasteiger partial charge is 0.298 e. The Balaban J connectivity index is 1.97. The molecule has 0 atom stereocenters. The first-order chi connectivity index (χ1) is 9.81. The lowest BCUT2D eigenvalue weighted by atomic mass is 10.2. The molecule has 0 bridgehead atoms. The zero-order valence-corrected chi connectivity index (χ0v) is 11.9. The normalized spacial score (nSPS) is 11.2. The van der Waals surface area contributed by atoms with Gasteiger partial charge < -0.3 is 0 Å². The van der Waals surface area contributed by atoms with Crippen LogP contribution in [-0.4, -0.2) is 19.4 Å². The standard InChI is InChI=1S/C15H9BrN4/c16-10-4-5-11-12(7-10)19-13(8-17-11)14-9-18-15-3-1-2-6-20(14)15/h1-9H. The SMILES string of the molecule is Brc1ccc2ncc(-c3cnc4ccccn34)nc2c1. The van der Waals surface area contributed by atoms with Crippen molar-refractivity contribution < 1.29 is 0 Å². The van der Waals surface area contributed by atoms with Gasteiger partial charge in [-0.2, -0.15) is 0 Å². The van der Waals surface area contributed by atoms with Crippen LogP contribution in [0.2, 0.25) is 0 Å². The molecule has 3 aromatic heterocycles. The molecule has 0 saturated carbocycles. The second kappa shape index (κ2) is 4.38. The first-order valence-corrected chi connectivity index (χ1v) is 6.95. The van der Waals surface area contributed by atoms with Crippen molar-refractivity contribution in [1.82, 2.24) is 19.4 Å². The van der Waals surface area contributed by atoms with Crippen LogP contribution in [0.15, 0.2) is 59.5 Å². The van der Waals surface area contributed by atoms with E-state index in [2.05, 4.69) is 30.9 Å². The van der Waals surface area contributed by atoms with E-state index in [4.69, 9.17) is 0 Å². The third-order valence-electron chi connectivity index (χ3n) is 3.18. The summed E-state index contributed by atoms with van der Waals surface area (Å²) in [6.45, 7) is 0. The molecule has 4 nitrogen and oxygen atoms in total. The minimum atomic E-state index is 0.814. The Morgan fingerprint density at radius 1 is 0.950 bits per heavy atom. The van der Waals surface area contributed by atoms with E-state index in [0.29, 0.717) is 0 Å². The Hall–Kier alpha value is -2.27. The zero-order valence-electron chi connectivity index (χ0n) is 10.4. The van der Waals surface area contributed by atoms with Crippen LogP contribution in [-0.2, 0) is 0 Å². The molecule has 5 heteroatoms. The van der Waals surface area contributed by atoms with Gasteiger partial charge >= 0.3 is 0 Å². The average Bonchev–Trinajstić information content (AvgIpc) is 2.90. The van der Waals surface area contributed by atoms with E-state index in [-0.39, 0.29) is 0 Å². The smallest absolute Gasteiger partial charge is 0.137 e. The third-order valence-corrected chi connectivity index (χ3v) is 3.68. The van der Waals surface area contributed by atoms with Gasteiger partial charge in [0.1, 0.15) is 11.3 Å². The molecule has 4 aromatic rings. The van der Waals surface area contributed by atoms with Gasteiger partial charge in [-0.1, -0.05) is 22.0 Å². The van der Waals surface area contributed by atoms with Crippen LogP contribution in [0.25, 0.3) is 28.1 Å². The van der Waals surface area contributed by atoms with E-state index in [0.717, 1.165) is 32.5 Å². The number of rotatable bonds is 1. The van der Waals surface area contributed by atoms with Gasteiger partial charge in [0.15, 0.2) is 0 Å². The number of pyridine rings is 1. The molecule has 4 rings (SSSR count). The molecule has 0 aliphatic heterocycles. The van der Waals surface area contributed by atoms with E-state index in [1.807, 2.05) is 53.2 Å². The number of halogens is 1. The summed E-state index contributed by atoms with van der Waals surface area (Å²) in [5.74, 6) is 0. The number of hydrogen-bond acceptors (Lipinski definition) is 3. The molecule has 96 valence electrons. The average molecular weight is 325 g/mol. The topological polar surface area (TPSA) is 43.1 Å². The number of imidazole rings is 1. The van der Waals surface area contributed by atoms with Crippen molar-refractivity contribution in [3.63, 3.8) is 0 Å². The van der Waals surface area contributed by atoms with Gasteiger partial charge in [0, 0.05) is 10.7 Å². The molecule has 1 aromatic carbocycles. The van der Waals surface area contributed by atoms with E-state index in [1.54, 1.807) is 6.20 Å². The summed E-state index contributed by atoms with van der Waals surface area (Å²) >= 11 is 3.46.